The van der Waals surface area contributed by atoms with Gasteiger partial charge in [-0.2, -0.15) is 0 Å². The van der Waals surface area contributed by atoms with Gasteiger partial charge in [-0.3, -0.25) is 10.2 Å². The largest absolute Gasteiger partial charge is 0.497 e. The molecule has 0 bridgehead atoms. The van der Waals surface area contributed by atoms with E-state index in [0.29, 0.717) is 15.0 Å². The molecule has 0 spiro atoms. The van der Waals surface area contributed by atoms with Gasteiger partial charge in [-0.15, -0.1) is 21.5 Å². The Hall–Kier alpha value is -1.99. The van der Waals surface area contributed by atoms with E-state index in [1.165, 1.54) is 23.1 Å². The molecular weight excluding hydrogens is 342 g/mol. The molecule has 2 heterocycles. The summed E-state index contributed by atoms with van der Waals surface area (Å²) in [6, 6.07) is 5.72. The maximum absolute atomic E-state index is 12.7. The highest BCUT2D eigenvalue weighted by Gasteiger charge is 2.39. The van der Waals surface area contributed by atoms with Crippen LogP contribution in [0.2, 0.25) is 0 Å². The summed E-state index contributed by atoms with van der Waals surface area (Å²) >= 11 is 2.62. The molecule has 1 fully saturated rings. The van der Waals surface area contributed by atoms with E-state index < -0.39 is 5.92 Å². The minimum Gasteiger partial charge on any atom is -0.497 e. The van der Waals surface area contributed by atoms with E-state index in [9.17, 15) is 4.79 Å². The molecule has 1 aliphatic rings. The van der Waals surface area contributed by atoms with Crippen molar-refractivity contribution < 1.29 is 9.53 Å². The smallest absolute Gasteiger partial charge is 0.186 e. The quantitative estimate of drug-likeness (QED) is 0.840. The minimum atomic E-state index is -0.599. The number of carbonyl (C=O) groups is 1. The van der Waals surface area contributed by atoms with Crippen molar-refractivity contribution in [1.29, 1.82) is 5.41 Å². The van der Waals surface area contributed by atoms with E-state index in [1.807, 2.05) is 38.1 Å². The van der Waals surface area contributed by atoms with Gasteiger partial charge in [0.15, 0.2) is 5.78 Å². The van der Waals surface area contributed by atoms with Gasteiger partial charge in [0.2, 0.25) is 0 Å². The van der Waals surface area contributed by atoms with E-state index in [-0.39, 0.29) is 5.78 Å². The lowest BCUT2D eigenvalue weighted by Gasteiger charge is -2.05. The van der Waals surface area contributed by atoms with Crippen molar-refractivity contribution in [1.82, 2.24) is 10.2 Å². The Morgan fingerprint density at radius 2 is 2.17 bits per heavy atom. The lowest BCUT2D eigenvalue weighted by molar-refractivity contribution is -0.114. The summed E-state index contributed by atoms with van der Waals surface area (Å²) in [6.07, 6.45) is 2.63. The average Bonchev–Trinajstić information content (AvgIpc) is 3.14. The molecule has 0 aliphatic carbocycles. The molecule has 1 unspecified atom stereocenters. The van der Waals surface area contributed by atoms with Gasteiger partial charge in [0.1, 0.15) is 21.7 Å². The number of carbonyl (C=O) groups excluding carboxylic acids is 1. The van der Waals surface area contributed by atoms with Crippen LogP contribution in [0.4, 0.5) is 0 Å². The van der Waals surface area contributed by atoms with Crippen LogP contribution in [0.3, 0.4) is 0 Å². The number of hydrogen-bond donors (Lipinski definition) is 1. The second-order valence-electron chi connectivity index (χ2n) is 5.38. The van der Waals surface area contributed by atoms with Crippen LogP contribution in [0.15, 0.2) is 23.1 Å². The summed E-state index contributed by atoms with van der Waals surface area (Å²) in [6.45, 7) is 3.97. The Kier molecular flexibility index (Phi) is 4.82. The van der Waals surface area contributed by atoms with Crippen LogP contribution in [-0.4, -0.2) is 28.1 Å². The number of aryl methyl sites for hydroxylation is 2. The normalized spacial score (nSPS) is 19.3. The number of Topliss-reactive ketones (excluding diaryl/α,β-unsaturated/α-hetero) is 1. The first-order valence-corrected chi connectivity index (χ1v) is 9.16. The highest BCUT2D eigenvalue weighted by Crippen LogP contribution is 2.41. The summed E-state index contributed by atoms with van der Waals surface area (Å²) in [5.74, 6) is 0.114. The third kappa shape index (κ3) is 3.14. The molecule has 0 radical (unpaired) electrons. The van der Waals surface area contributed by atoms with Crippen LogP contribution >= 0.6 is 23.1 Å². The van der Waals surface area contributed by atoms with Gasteiger partial charge >= 0.3 is 0 Å². The molecule has 1 aromatic carbocycles. The first-order valence-electron chi connectivity index (χ1n) is 7.52. The summed E-state index contributed by atoms with van der Waals surface area (Å²) in [4.78, 5) is 13.3. The third-order valence-corrected chi connectivity index (χ3v) is 5.91. The lowest BCUT2D eigenvalue weighted by Crippen LogP contribution is -2.11. The second-order valence-corrected chi connectivity index (χ2v) is 7.56. The van der Waals surface area contributed by atoms with Crippen molar-refractivity contribution in [2.45, 2.75) is 26.2 Å². The highest BCUT2D eigenvalue weighted by molar-refractivity contribution is 8.19. The van der Waals surface area contributed by atoms with Gasteiger partial charge in [-0.05, 0) is 42.7 Å². The van der Waals surface area contributed by atoms with E-state index >= 15 is 0 Å². The fourth-order valence-corrected chi connectivity index (χ4v) is 4.36. The zero-order valence-electron chi connectivity index (χ0n) is 13.6. The van der Waals surface area contributed by atoms with Crippen molar-refractivity contribution in [3.05, 3.63) is 44.2 Å². The fourth-order valence-electron chi connectivity index (χ4n) is 2.42. The number of nitrogens with one attached hydrogen (secondary N) is 1. The van der Waals surface area contributed by atoms with Crippen molar-refractivity contribution in [2.75, 3.05) is 7.11 Å². The van der Waals surface area contributed by atoms with Crippen LogP contribution in [-0.2, 0) is 11.2 Å². The van der Waals surface area contributed by atoms with E-state index in [4.69, 9.17) is 10.1 Å². The maximum Gasteiger partial charge on any atom is 0.186 e. The summed E-state index contributed by atoms with van der Waals surface area (Å²) in [5, 5.41) is 18.2. The zero-order valence-corrected chi connectivity index (χ0v) is 15.3. The lowest BCUT2D eigenvalue weighted by atomic mass is 10.0. The molecular formula is C17H17N3O2S2. The molecule has 5 nitrogen and oxygen atoms in total. The molecule has 124 valence electrons. The third-order valence-electron chi connectivity index (χ3n) is 3.78. The van der Waals surface area contributed by atoms with Gasteiger partial charge in [-0.25, -0.2) is 0 Å². The Morgan fingerprint density at radius 3 is 2.79 bits per heavy atom. The van der Waals surface area contributed by atoms with Gasteiger partial charge in [0.25, 0.3) is 0 Å². The number of methoxy groups -OCH3 is 1. The Labute approximate surface area is 148 Å². The van der Waals surface area contributed by atoms with Gasteiger partial charge in [-0.1, -0.05) is 24.8 Å². The SMILES string of the molecule is CCc1nnc(C2C(=N)SC(=Cc3ccc(OC)cc3C)C2=O)s1. The van der Waals surface area contributed by atoms with E-state index in [0.717, 1.165) is 28.3 Å². The van der Waals surface area contributed by atoms with Gasteiger partial charge in [0, 0.05) is 0 Å². The molecule has 3 rings (SSSR count). The van der Waals surface area contributed by atoms with Crippen LogP contribution in [0.5, 0.6) is 5.75 Å². The number of allylic oxidation sites excluding steroid dienone is 1. The van der Waals surface area contributed by atoms with Crippen LogP contribution in [0.25, 0.3) is 6.08 Å². The van der Waals surface area contributed by atoms with Crippen molar-refractivity contribution >= 4 is 40.0 Å². The molecule has 24 heavy (non-hydrogen) atoms. The first-order chi connectivity index (χ1) is 11.5. The predicted octanol–water partition coefficient (Wildman–Crippen LogP) is 3.84. The molecule has 1 aliphatic heterocycles. The molecule has 0 saturated carbocycles. The summed E-state index contributed by atoms with van der Waals surface area (Å²) in [5.41, 5.74) is 1.97. The number of rotatable bonds is 4. The number of thioether (sulfide) groups is 1. The van der Waals surface area contributed by atoms with Gasteiger partial charge in [0.05, 0.1) is 17.1 Å². The number of aromatic nitrogens is 2. The van der Waals surface area contributed by atoms with Crippen LogP contribution in [0, 0.1) is 12.3 Å². The van der Waals surface area contributed by atoms with E-state index in [1.54, 1.807) is 7.11 Å². The standard InChI is InChI=1S/C17H17N3O2S2/c1-4-13-19-20-17(24-13)14-15(21)12(23-16(14)18)8-10-5-6-11(22-3)7-9(10)2/h5-8,14,18H,4H2,1-3H3. The number of benzene rings is 1. The van der Waals surface area contributed by atoms with Crippen molar-refractivity contribution in [3.8, 4) is 5.75 Å². The Bertz CT molecular complexity index is 842. The molecule has 1 saturated heterocycles. The number of hydrogen-bond acceptors (Lipinski definition) is 7. The number of ether oxygens (including phenoxy) is 1. The predicted molar refractivity (Wildman–Crippen MR) is 98.1 cm³/mol. The van der Waals surface area contributed by atoms with Crippen LogP contribution < -0.4 is 4.74 Å². The Morgan fingerprint density at radius 1 is 1.38 bits per heavy atom. The van der Waals surface area contributed by atoms with Crippen molar-refractivity contribution in [3.63, 3.8) is 0 Å². The zero-order chi connectivity index (χ0) is 17.3. The van der Waals surface area contributed by atoms with Gasteiger partial charge < -0.3 is 4.74 Å². The summed E-state index contributed by atoms with van der Waals surface area (Å²) in [7, 11) is 1.63. The topological polar surface area (TPSA) is 75.9 Å². The number of ketones is 1. The average molecular weight is 359 g/mol. The fraction of sp³-hybridized carbons (Fsp3) is 0.294. The second kappa shape index (κ2) is 6.86. The summed E-state index contributed by atoms with van der Waals surface area (Å²) < 4.78 is 5.21. The molecule has 0 amide bonds. The molecule has 7 heteroatoms. The van der Waals surface area contributed by atoms with Crippen LogP contribution in [0.1, 0.15) is 34.0 Å². The highest BCUT2D eigenvalue weighted by atomic mass is 32.2. The monoisotopic (exact) mass is 359 g/mol. The maximum atomic E-state index is 12.7. The Balaban J connectivity index is 1.91. The van der Waals surface area contributed by atoms with Crippen molar-refractivity contribution in [2.24, 2.45) is 0 Å². The molecule has 2 aromatic rings. The minimum absolute atomic E-state index is 0.0704. The molecule has 1 aromatic heterocycles. The van der Waals surface area contributed by atoms with E-state index in [2.05, 4.69) is 10.2 Å². The first kappa shape index (κ1) is 16.9. The molecule has 1 N–H and O–H groups in total. The number of nitrogens with zero attached hydrogens (tertiary/aromatic N) is 2. The molecule has 1 atom stereocenters.